The molecule has 0 unspecified atom stereocenters. The van der Waals surface area contributed by atoms with Crippen LogP contribution in [0.4, 0.5) is 0 Å². The van der Waals surface area contributed by atoms with E-state index in [0.29, 0.717) is 15.6 Å². The Labute approximate surface area is 134 Å². The smallest absolute Gasteiger partial charge is 0.340 e. The molecule has 0 heterocycles. The lowest BCUT2D eigenvalue weighted by molar-refractivity contribution is 0.0473. The van der Waals surface area contributed by atoms with E-state index in [1.165, 1.54) is 0 Å². The molecule has 0 atom stereocenters. The molecule has 0 N–H and O–H groups in total. The van der Waals surface area contributed by atoms with Crippen molar-refractivity contribution in [3.63, 3.8) is 0 Å². The SMILES string of the molecule is O=C(OCc1ccccc1Cl)c1cc(I)ccc1Cl. The molecule has 98 valence electrons. The molecule has 0 aliphatic heterocycles. The molecule has 0 aliphatic rings. The van der Waals surface area contributed by atoms with Crippen LogP contribution in [0.25, 0.3) is 0 Å². The van der Waals surface area contributed by atoms with Gasteiger partial charge in [-0.2, -0.15) is 0 Å². The lowest BCUT2D eigenvalue weighted by Gasteiger charge is -2.08. The standard InChI is InChI=1S/C14H9Cl2IO2/c15-12-4-2-1-3-9(12)8-19-14(18)11-7-10(17)5-6-13(11)16/h1-7H,8H2. The van der Waals surface area contributed by atoms with Crippen LogP contribution >= 0.6 is 45.8 Å². The number of benzene rings is 2. The van der Waals surface area contributed by atoms with Crippen LogP contribution in [0.5, 0.6) is 0 Å². The molecule has 19 heavy (non-hydrogen) atoms. The maximum Gasteiger partial charge on any atom is 0.340 e. The van der Waals surface area contributed by atoms with Gasteiger partial charge >= 0.3 is 5.97 Å². The summed E-state index contributed by atoms with van der Waals surface area (Å²) in [5.41, 5.74) is 1.12. The second-order valence-electron chi connectivity index (χ2n) is 3.79. The molecule has 2 nitrogen and oxygen atoms in total. The molecule has 0 spiro atoms. The van der Waals surface area contributed by atoms with Gasteiger partial charge in [0.1, 0.15) is 6.61 Å². The summed E-state index contributed by atoms with van der Waals surface area (Å²) < 4.78 is 6.14. The molecule has 0 radical (unpaired) electrons. The Morgan fingerprint density at radius 1 is 1.11 bits per heavy atom. The molecule has 0 saturated heterocycles. The van der Waals surface area contributed by atoms with Gasteiger partial charge in [-0.25, -0.2) is 4.79 Å². The van der Waals surface area contributed by atoms with Crippen molar-refractivity contribution in [2.24, 2.45) is 0 Å². The van der Waals surface area contributed by atoms with Crippen molar-refractivity contribution in [1.82, 2.24) is 0 Å². The number of hydrogen-bond donors (Lipinski definition) is 0. The second-order valence-corrected chi connectivity index (χ2v) is 5.85. The van der Waals surface area contributed by atoms with Crippen LogP contribution in [0.1, 0.15) is 15.9 Å². The van der Waals surface area contributed by atoms with Crippen LogP contribution in [-0.4, -0.2) is 5.97 Å². The number of ether oxygens (including phenoxy) is 1. The van der Waals surface area contributed by atoms with Crippen molar-refractivity contribution in [3.8, 4) is 0 Å². The van der Waals surface area contributed by atoms with Gasteiger partial charge in [-0.1, -0.05) is 41.4 Å². The summed E-state index contributed by atoms with van der Waals surface area (Å²) in [5, 5.41) is 0.952. The molecule has 0 aromatic heterocycles. The van der Waals surface area contributed by atoms with Crippen LogP contribution in [0.3, 0.4) is 0 Å². The molecular weight excluding hydrogens is 398 g/mol. The minimum Gasteiger partial charge on any atom is -0.457 e. The minimum atomic E-state index is -0.455. The molecule has 0 bridgehead atoms. The fourth-order valence-corrected chi connectivity index (χ4v) is 2.37. The fourth-order valence-electron chi connectivity index (χ4n) is 1.49. The monoisotopic (exact) mass is 406 g/mol. The predicted molar refractivity (Wildman–Crippen MR) is 84.7 cm³/mol. The summed E-state index contributed by atoms with van der Waals surface area (Å²) >= 11 is 14.1. The molecule has 2 aromatic carbocycles. The van der Waals surface area contributed by atoms with E-state index in [0.717, 1.165) is 9.13 Å². The number of esters is 1. The third-order valence-corrected chi connectivity index (χ3v) is 3.83. The van der Waals surface area contributed by atoms with Crippen molar-refractivity contribution >= 4 is 51.8 Å². The maximum atomic E-state index is 11.9. The number of carbonyl (C=O) groups excluding carboxylic acids is 1. The first-order chi connectivity index (χ1) is 9.08. The van der Waals surface area contributed by atoms with E-state index in [1.807, 2.05) is 24.3 Å². The summed E-state index contributed by atoms with van der Waals surface area (Å²) in [6, 6.07) is 12.4. The number of halogens is 3. The average Bonchev–Trinajstić information content (AvgIpc) is 2.40. The average molecular weight is 407 g/mol. The first-order valence-corrected chi connectivity index (χ1v) is 7.27. The second kappa shape index (κ2) is 6.59. The molecule has 2 aromatic rings. The quantitative estimate of drug-likeness (QED) is 0.532. The normalized spacial score (nSPS) is 10.3. The van der Waals surface area contributed by atoms with Crippen LogP contribution in [0.2, 0.25) is 10.0 Å². The van der Waals surface area contributed by atoms with Gasteiger partial charge in [-0.3, -0.25) is 0 Å². The van der Waals surface area contributed by atoms with Gasteiger partial charge in [0.15, 0.2) is 0 Å². The Balaban J connectivity index is 2.10. The summed E-state index contributed by atoms with van der Waals surface area (Å²) in [6.07, 6.45) is 0. The highest BCUT2D eigenvalue weighted by molar-refractivity contribution is 14.1. The van der Waals surface area contributed by atoms with Crippen LogP contribution in [0, 0.1) is 3.57 Å². The van der Waals surface area contributed by atoms with Gasteiger partial charge in [0.2, 0.25) is 0 Å². The molecule has 0 amide bonds. The molecule has 0 saturated carbocycles. The Hall–Kier alpha value is -0.780. The molecule has 0 aliphatic carbocycles. The fraction of sp³-hybridized carbons (Fsp3) is 0.0714. The van der Waals surface area contributed by atoms with Gasteiger partial charge in [-0.05, 0) is 46.9 Å². The van der Waals surface area contributed by atoms with E-state index < -0.39 is 5.97 Å². The van der Waals surface area contributed by atoms with Crippen molar-refractivity contribution in [2.75, 3.05) is 0 Å². The highest BCUT2D eigenvalue weighted by atomic mass is 127. The van der Waals surface area contributed by atoms with E-state index in [2.05, 4.69) is 22.6 Å². The molecule has 0 fully saturated rings. The van der Waals surface area contributed by atoms with Gasteiger partial charge in [-0.15, -0.1) is 0 Å². The van der Waals surface area contributed by atoms with E-state index in [-0.39, 0.29) is 6.61 Å². The van der Waals surface area contributed by atoms with Crippen LogP contribution < -0.4 is 0 Å². The Bertz CT molecular complexity index is 614. The predicted octanol–water partition coefficient (Wildman–Crippen LogP) is 4.96. The Morgan fingerprint density at radius 3 is 2.58 bits per heavy atom. The van der Waals surface area contributed by atoms with Crippen molar-refractivity contribution in [1.29, 1.82) is 0 Å². The number of rotatable bonds is 3. The number of hydrogen-bond acceptors (Lipinski definition) is 2. The van der Waals surface area contributed by atoms with Crippen molar-refractivity contribution < 1.29 is 9.53 Å². The first-order valence-electron chi connectivity index (χ1n) is 5.43. The zero-order valence-electron chi connectivity index (χ0n) is 9.70. The van der Waals surface area contributed by atoms with Crippen LogP contribution in [-0.2, 0) is 11.3 Å². The summed E-state index contributed by atoms with van der Waals surface area (Å²) in [5.74, 6) is -0.455. The van der Waals surface area contributed by atoms with Crippen molar-refractivity contribution in [2.45, 2.75) is 6.61 Å². The van der Waals surface area contributed by atoms with Gasteiger partial charge in [0.25, 0.3) is 0 Å². The Morgan fingerprint density at radius 2 is 1.84 bits per heavy atom. The summed E-state index contributed by atoms with van der Waals surface area (Å²) in [4.78, 5) is 11.9. The minimum absolute atomic E-state index is 0.125. The maximum absolute atomic E-state index is 11.9. The third-order valence-electron chi connectivity index (χ3n) is 2.46. The Kier molecular flexibility index (Phi) is 5.07. The van der Waals surface area contributed by atoms with Gasteiger partial charge in [0.05, 0.1) is 10.6 Å². The molecular formula is C14H9Cl2IO2. The lowest BCUT2D eigenvalue weighted by Crippen LogP contribution is -2.06. The summed E-state index contributed by atoms with van der Waals surface area (Å²) in [6.45, 7) is 0.125. The van der Waals surface area contributed by atoms with E-state index in [1.54, 1.807) is 18.2 Å². The topological polar surface area (TPSA) is 26.3 Å². The highest BCUT2D eigenvalue weighted by Crippen LogP contribution is 2.21. The highest BCUT2D eigenvalue weighted by Gasteiger charge is 2.13. The van der Waals surface area contributed by atoms with Gasteiger partial charge < -0.3 is 4.74 Å². The zero-order chi connectivity index (χ0) is 13.8. The molecule has 5 heteroatoms. The van der Waals surface area contributed by atoms with Gasteiger partial charge in [0, 0.05) is 14.2 Å². The third kappa shape index (κ3) is 3.84. The lowest BCUT2D eigenvalue weighted by atomic mass is 10.2. The van der Waals surface area contributed by atoms with E-state index >= 15 is 0 Å². The first kappa shape index (κ1) is 14.6. The van der Waals surface area contributed by atoms with Crippen LogP contribution in [0.15, 0.2) is 42.5 Å². The largest absolute Gasteiger partial charge is 0.457 e. The molecule has 2 rings (SSSR count). The van der Waals surface area contributed by atoms with E-state index in [4.69, 9.17) is 27.9 Å². The number of carbonyl (C=O) groups is 1. The van der Waals surface area contributed by atoms with Crippen molar-refractivity contribution in [3.05, 3.63) is 67.2 Å². The van der Waals surface area contributed by atoms with E-state index in [9.17, 15) is 4.79 Å². The summed E-state index contributed by atoms with van der Waals surface area (Å²) in [7, 11) is 0. The zero-order valence-corrected chi connectivity index (χ0v) is 13.4.